The van der Waals surface area contributed by atoms with Crippen molar-refractivity contribution in [2.75, 3.05) is 11.9 Å². The summed E-state index contributed by atoms with van der Waals surface area (Å²) in [5.41, 5.74) is -0.869. The van der Waals surface area contributed by atoms with Crippen LogP contribution in [0.1, 0.15) is 34.6 Å². The van der Waals surface area contributed by atoms with Crippen molar-refractivity contribution in [2.24, 2.45) is 0 Å². The number of hydrogen-bond donors (Lipinski definition) is 1. The number of rotatable bonds is 12. The van der Waals surface area contributed by atoms with Crippen molar-refractivity contribution in [3.8, 4) is 0 Å². The highest BCUT2D eigenvalue weighted by Gasteiger charge is 2.95. The zero-order valence-corrected chi connectivity index (χ0v) is 21.5. The third kappa shape index (κ3) is 5.28. The van der Waals surface area contributed by atoms with E-state index < -0.39 is 75.9 Å². The molecule has 1 heterocycles. The number of alkyl halides is 17. The van der Waals surface area contributed by atoms with Gasteiger partial charge in [-0.05, 0) is 37.4 Å². The van der Waals surface area contributed by atoms with Crippen LogP contribution in [0.25, 0.3) is 0 Å². The van der Waals surface area contributed by atoms with Crippen LogP contribution in [0, 0.1) is 6.92 Å². The number of nitrogens with one attached hydrogen (secondary N) is 1. The number of aryl methyl sites for hydroxylation is 1. The summed E-state index contributed by atoms with van der Waals surface area (Å²) in [5, 5.41) is -7.19. The van der Waals surface area contributed by atoms with Gasteiger partial charge in [0.25, 0.3) is 0 Å². The molecular weight excluding hydrogens is 662 g/mol. The molecule has 1 rings (SSSR count). The van der Waals surface area contributed by atoms with Gasteiger partial charge in [-0.2, -0.15) is 70.2 Å². The molecule has 1 aromatic heterocycles. The van der Waals surface area contributed by atoms with Crippen LogP contribution >= 0.6 is 22.9 Å². The lowest BCUT2D eigenvalue weighted by molar-refractivity contribution is -0.445. The van der Waals surface area contributed by atoms with Crippen LogP contribution in [-0.4, -0.2) is 65.3 Å². The van der Waals surface area contributed by atoms with E-state index in [0.717, 1.165) is 5.32 Å². The van der Waals surface area contributed by atoms with Crippen LogP contribution in [0.15, 0.2) is 0 Å². The van der Waals surface area contributed by atoms with Crippen molar-refractivity contribution in [3.63, 3.8) is 0 Å². The molecule has 0 atom stereocenters. The van der Waals surface area contributed by atoms with Gasteiger partial charge < -0.3 is 10.1 Å². The molecule has 0 spiro atoms. The third-order valence-electron chi connectivity index (χ3n) is 5.28. The quantitative estimate of drug-likeness (QED) is 0.139. The molecule has 0 unspecified atom stereocenters. The maximum Gasteiger partial charge on any atom is 0.393 e. The molecule has 1 N–H and O–H groups in total. The number of anilines is 1. The van der Waals surface area contributed by atoms with E-state index in [1.165, 1.54) is 20.8 Å². The molecule has 0 aromatic carbocycles. The maximum atomic E-state index is 14.3. The molecule has 0 saturated carbocycles. The molecular formula is C19H14ClF16NO3S. The Balaban J connectivity index is 3.68. The number of esters is 1. The fourth-order valence-electron chi connectivity index (χ4n) is 3.00. The number of carbonyl (C=O) groups excluding carboxylic acids is 2. The molecule has 0 saturated heterocycles. The Kier molecular flexibility index (Phi) is 9.72. The fraction of sp³-hybridized carbons (Fsp3) is 0.684. The summed E-state index contributed by atoms with van der Waals surface area (Å²) in [7, 11) is 0. The molecule has 4 nitrogen and oxygen atoms in total. The minimum absolute atomic E-state index is 0.0108. The van der Waals surface area contributed by atoms with Crippen molar-refractivity contribution < 1.29 is 84.6 Å². The lowest BCUT2D eigenvalue weighted by atomic mass is 9.89. The topological polar surface area (TPSA) is 55.4 Å². The second-order valence-corrected chi connectivity index (χ2v) is 9.59. The molecule has 1 aromatic rings. The van der Waals surface area contributed by atoms with Gasteiger partial charge in [-0.25, -0.2) is 4.79 Å². The molecule has 0 aliphatic heterocycles. The summed E-state index contributed by atoms with van der Waals surface area (Å²) in [5.74, 6) is -62.6. The van der Waals surface area contributed by atoms with Gasteiger partial charge in [0.1, 0.15) is 5.00 Å². The monoisotopic (exact) mass is 675 g/mol. The summed E-state index contributed by atoms with van der Waals surface area (Å²) in [6, 6.07) is 0. The van der Waals surface area contributed by atoms with Gasteiger partial charge in [0, 0.05) is 4.88 Å². The van der Waals surface area contributed by atoms with Crippen molar-refractivity contribution in [1.82, 2.24) is 0 Å². The second kappa shape index (κ2) is 10.8. The first-order valence-corrected chi connectivity index (χ1v) is 11.5. The first-order valence-electron chi connectivity index (χ1n) is 10.3. The summed E-state index contributed by atoms with van der Waals surface area (Å²) in [4.78, 5) is 24.0. The van der Waals surface area contributed by atoms with Crippen molar-refractivity contribution in [2.45, 2.75) is 74.0 Å². The van der Waals surface area contributed by atoms with E-state index in [4.69, 9.17) is 0 Å². The molecule has 0 fully saturated rings. The number of ether oxygens (including phenoxy) is 1. The van der Waals surface area contributed by atoms with Crippen molar-refractivity contribution in [1.29, 1.82) is 0 Å². The Morgan fingerprint density at radius 1 is 0.732 bits per heavy atom. The predicted molar refractivity (Wildman–Crippen MR) is 108 cm³/mol. The number of amides is 1. The highest BCUT2D eigenvalue weighted by molar-refractivity contribution is 7.16. The molecule has 0 aliphatic rings. The molecule has 41 heavy (non-hydrogen) atoms. The lowest BCUT2D eigenvalue weighted by Crippen LogP contribution is -2.75. The Bertz CT molecular complexity index is 1160. The van der Waals surface area contributed by atoms with Gasteiger partial charge in [0.15, 0.2) is 0 Å². The van der Waals surface area contributed by atoms with E-state index in [-0.39, 0.29) is 28.2 Å². The fourth-order valence-corrected chi connectivity index (χ4v) is 4.25. The number of thiophene rings is 1. The summed E-state index contributed by atoms with van der Waals surface area (Å²) in [6.45, 7) is 3.34. The SMILES string of the molecule is CCOC(=O)c1c(NC(=O)C(F)(F)C(F)(F)C(F)(F)C(F)(F)C(F)(F)C(F)(F)C(F)(F)C(F)(F)Cl)sc(C)c1CC. The smallest absolute Gasteiger partial charge is 0.393 e. The van der Waals surface area contributed by atoms with Crippen LogP contribution in [0.4, 0.5) is 75.2 Å². The van der Waals surface area contributed by atoms with Crippen molar-refractivity contribution in [3.05, 3.63) is 16.0 Å². The van der Waals surface area contributed by atoms with Crippen molar-refractivity contribution >= 4 is 39.8 Å². The Hall–Kier alpha value is -2.19. The van der Waals surface area contributed by atoms with Gasteiger partial charge in [-0.1, -0.05) is 6.92 Å². The lowest BCUT2D eigenvalue weighted by Gasteiger charge is -2.42. The largest absolute Gasteiger partial charge is 0.462 e. The average molecular weight is 676 g/mol. The van der Waals surface area contributed by atoms with E-state index in [0.29, 0.717) is 0 Å². The highest BCUT2D eigenvalue weighted by Crippen LogP contribution is 2.64. The molecule has 0 aliphatic carbocycles. The third-order valence-corrected chi connectivity index (χ3v) is 6.58. The van der Waals surface area contributed by atoms with E-state index in [9.17, 15) is 79.8 Å². The molecule has 1 amide bonds. The first-order chi connectivity index (χ1) is 18.0. The predicted octanol–water partition coefficient (Wildman–Crippen LogP) is 8.01. The summed E-state index contributed by atoms with van der Waals surface area (Å²) < 4.78 is 223. The Morgan fingerprint density at radius 2 is 1.12 bits per heavy atom. The Morgan fingerprint density at radius 3 is 1.49 bits per heavy atom. The minimum Gasteiger partial charge on any atom is -0.462 e. The zero-order chi connectivity index (χ0) is 33.0. The van der Waals surface area contributed by atoms with Gasteiger partial charge in [-0.3, -0.25) is 4.79 Å². The van der Waals surface area contributed by atoms with Crippen LogP contribution in [0.2, 0.25) is 0 Å². The number of carbonyl (C=O) groups is 2. The molecule has 0 radical (unpaired) electrons. The highest BCUT2D eigenvalue weighted by atomic mass is 35.5. The van der Waals surface area contributed by atoms with E-state index in [1.54, 1.807) is 0 Å². The Labute approximate surface area is 226 Å². The molecule has 0 bridgehead atoms. The van der Waals surface area contributed by atoms with Crippen LogP contribution in [0.3, 0.4) is 0 Å². The first kappa shape index (κ1) is 36.8. The van der Waals surface area contributed by atoms with E-state index in [1.807, 2.05) is 0 Å². The summed E-state index contributed by atoms with van der Waals surface area (Å²) >= 11 is 3.62. The maximum absolute atomic E-state index is 14.3. The van der Waals surface area contributed by atoms with Gasteiger partial charge >= 0.3 is 58.7 Å². The van der Waals surface area contributed by atoms with Gasteiger partial charge in [-0.15, -0.1) is 11.3 Å². The van der Waals surface area contributed by atoms with Crippen LogP contribution in [-0.2, 0) is 16.0 Å². The second-order valence-electron chi connectivity index (χ2n) is 7.89. The van der Waals surface area contributed by atoms with E-state index >= 15 is 0 Å². The minimum atomic E-state index is -8.70. The molecule has 238 valence electrons. The van der Waals surface area contributed by atoms with Gasteiger partial charge in [0.05, 0.1) is 12.2 Å². The summed E-state index contributed by atoms with van der Waals surface area (Å²) in [6.07, 6.45) is -0.127. The average Bonchev–Trinajstić information content (AvgIpc) is 3.12. The number of hydrogen-bond acceptors (Lipinski definition) is 4. The van der Waals surface area contributed by atoms with Crippen LogP contribution < -0.4 is 5.32 Å². The van der Waals surface area contributed by atoms with E-state index in [2.05, 4.69) is 16.3 Å². The number of halogens is 17. The normalized spacial score (nSPS) is 14.7. The zero-order valence-electron chi connectivity index (χ0n) is 20.0. The van der Waals surface area contributed by atoms with Gasteiger partial charge in [0.2, 0.25) is 0 Å². The van der Waals surface area contributed by atoms with Crippen LogP contribution in [0.5, 0.6) is 0 Å². The standard InChI is InChI=1S/C19H14ClF16NO3S/c1-4-7-6(3)41-9(8(7)10(38)40-5-2)37-11(39)12(21,22)13(23,24)14(25,26)15(27,28)16(29,30)17(31,32)18(33,34)19(20,35)36/h4-5H2,1-3H3,(H,37,39). The molecule has 22 heteroatoms.